The lowest BCUT2D eigenvalue weighted by Crippen LogP contribution is -2.31. The zero-order chi connectivity index (χ0) is 38.8. The Bertz CT molecular complexity index is 1930. The van der Waals surface area contributed by atoms with Gasteiger partial charge < -0.3 is 20.5 Å². The molecule has 2 aromatic carbocycles. The van der Waals surface area contributed by atoms with E-state index in [9.17, 15) is 28.1 Å². The van der Waals surface area contributed by atoms with E-state index in [1.54, 1.807) is 9.36 Å². The predicted octanol–water partition coefficient (Wildman–Crippen LogP) is 5.12. The summed E-state index contributed by atoms with van der Waals surface area (Å²) < 4.78 is 32.9. The van der Waals surface area contributed by atoms with E-state index >= 15 is 0 Å². The van der Waals surface area contributed by atoms with Crippen LogP contribution in [0.25, 0.3) is 0 Å². The molecule has 0 bridgehead atoms. The van der Waals surface area contributed by atoms with Crippen LogP contribution in [-0.2, 0) is 48.2 Å². The van der Waals surface area contributed by atoms with E-state index in [2.05, 4.69) is 9.73 Å². The smallest absolute Gasteiger partial charge is 0.325 e. The lowest BCUT2D eigenvalue weighted by atomic mass is 9.95. The Morgan fingerprint density at radius 1 is 1.17 bits per heavy atom. The number of aliphatic carboxylic acids is 1. The average Bonchev–Trinajstić information content (AvgIpc) is 3.54. The molecule has 4 N–H and O–H groups in total. The third-order valence-corrected chi connectivity index (χ3v) is 11.3. The Morgan fingerprint density at radius 3 is 2.40 bits per heavy atom. The molecule has 2 unspecified atom stereocenters. The summed E-state index contributed by atoms with van der Waals surface area (Å²) >= 11 is 14.2. The number of methoxy groups -OCH3 is 1. The quantitative estimate of drug-likeness (QED) is 0.139. The molecule has 1 amide bonds. The number of carboxylic acids is 1. The first kappa shape index (κ1) is 43.4. The number of nitrogens with two attached hydrogens (primary N) is 1. The number of benzene rings is 2. The summed E-state index contributed by atoms with van der Waals surface area (Å²) in [5.74, 6) is -2.06. The molecule has 1 saturated heterocycles. The highest BCUT2D eigenvalue weighted by atomic mass is 35.5. The van der Waals surface area contributed by atoms with Crippen LogP contribution in [0.15, 0.2) is 51.1 Å². The van der Waals surface area contributed by atoms with Gasteiger partial charge in [0, 0.05) is 35.8 Å². The maximum atomic E-state index is 14.3. The SMILES string of the molecule is CC1(C)CON(Cc2ccccc2Cl)C1=O.COC(=O)CSc1cc(/N=c2\sc(=O)n3n2CCCC3)c(F)cc1Cl.CP(=O)(O)CCC(N)C(=O)O. The van der Waals surface area contributed by atoms with Crippen LogP contribution in [0.2, 0.25) is 10.0 Å². The highest BCUT2D eigenvalue weighted by molar-refractivity contribution is 8.00. The monoisotopic (exact) mass is 823 g/mol. The number of amides is 1. The molecule has 20 heteroatoms. The van der Waals surface area contributed by atoms with Crippen LogP contribution in [0.3, 0.4) is 0 Å². The molecule has 5 rings (SSSR count). The average molecular weight is 825 g/mol. The van der Waals surface area contributed by atoms with Crippen molar-refractivity contribution in [3.63, 3.8) is 0 Å². The normalized spacial score (nSPS) is 16.8. The van der Waals surface area contributed by atoms with Crippen LogP contribution in [0.5, 0.6) is 0 Å². The zero-order valence-electron chi connectivity index (χ0n) is 28.9. The molecular weight excluding hydrogens is 783 g/mol. The first-order valence-electron chi connectivity index (χ1n) is 15.8. The largest absolute Gasteiger partial charge is 0.480 e. The van der Waals surface area contributed by atoms with Crippen LogP contribution in [0, 0.1) is 11.2 Å². The minimum absolute atomic E-state index is 0.00687. The van der Waals surface area contributed by atoms with Crippen molar-refractivity contribution < 1.29 is 42.9 Å². The molecule has 2 aliphatic rings. The number of rotatable bonds is 10. The summed E-state index contributed by atoms with van der Waals surface area (Å²) in [5, 5.41) is 10.5. The summed E-state index contributed by atoms with van der Waals surface area (Å²) in [4.78, 5) is 64.6. The lowest BCUT2D eigenvalue weighted by molar-refractivity contribution is -0.165. The number of hydroxylamine groups is 2. The van der Waals surface area contributed by atoms with Gasteiger partial charge in [0.15, 0.2) is 7.37 Å². The number of ether oxygens (including phenoxy) is 1. The lowest BCUT2D eigenvalue weighted by Gasteiger charge is -2.16. The van der Waals surface area contributed by atoms with Gasteiger partial charge in [-0.15, -0.1) is 11.8 Å². The molecule has 0 saturated carbocycles. The van der Waals surface area contributed by atoms with Crippen molar-refractivity contribution in [3.05, 3.63) is 72.3 Å². The summed E-state index contributed by atoms with van der Waals surface area (Å²) in [6.45, 7) is 7.09. The predicted molar refractivity (Wildman–Crippen MR) is 198 cm³/mol. The van der Waals surface area contributed by atoms with Crippen LogP contribution >= 0.6 is 53.7 Å². The third kappa shape index (κ3) is 12.8. The number of thioether (sulfide) groups is 1. The Morgan fingerprint density at radius 2 is 1.83 bits per heavy atom. The first-order valence-corrected chi connectivity index (χ1v) is 20.7. The molecular formula is C32H41Cl2FN5O9PS2. The van der Waals surface area contributed by atoms with E-state index < -0.39 is 36.6 Å². The van der Waals surface area contributed by atoms with E-state index in [-0.39, 0.29) is 39.8 Å². The van der Waals surface area contributed by atoms with Crippen molar-refractivity contribution in [1.29, 1.82) is 0 Å². The summed E-state index contributed by atoms with van der Waals surface area (Å²) in [5.41, 5.74) is 5.64. The standard InChI is InChI=1S/C15H15ClFN3O3S2.C12H14ClNO2.C5H12NO4P/c1-23-13(21)8-24-12-7-11(10(17)6-9(12)16)18-14-19-4-2-3-5-20(19)15(22)25-14;1-12(2)8-16-14(11(12)15)7-9-5-3-4-6-10(9)13;1-11(9,10)3-2-4(6)5(7)8/h6-7H,2-5,8H2,1H3;3-6H,7-8H2,1-2H3;4H,2-3,6H2,1H3,(H,7,8)(H,9,10)/b18-14-;;. The Labute approximate surface area is 317 Å². The van der Waals surface area contributed by atoms with Crippen molar-refractivity contribution in [1.82, 2.24) is 14.4 Å². The number of carbonyl (C=O) groups is 3. The summed E-state index contributed by atoms with van der Waals surface area (Å²) in [6, 6.07) is 9.07. The van der Waals surface area contributed by atoms with Crippen LogP contribution in [-0.4, -0.2) is 80.6 Å². The number of nitrogens with zero attached hydrogens (tertiary/aromatic N) is 4. The molecule has 2 aliphatic heterocycles. The molecule has 1 fully saturated rings. The van der Waals surface area contributed by atoms with Crippen molar-refractivity contribution in [3.8, 4) is 0 Å². The fourth-order valence-electron chi connectivity index (χ4n) is 4.53. The fraction of sp³-hybridized carbons (Fsp3) is 0.469. The van der Waals surface area contributed by atoms with E-state index in [0.29, 0.717) is 41.0 Å². The van der Waals surface area contributed by atoms with Gasteiger partial charge in [0.2, 0.25) is 4.80 Å². The summed E-state index contributed by atoms with van der Waals surface area (Å²) in [7, 11) is -1.81. The van der Waals surface area contributed by atoms with Crippen LogP contribution in [0.1, 0.15) is 38.7 Å². The third-order valence-electron chi connectivity index (χ3n) is 7.51. The van der Waals surface area contributed by atoms with E-state index in [0.717, 1.165) is 47.6 Å². The minimum atomic E-state index is -3.10. The molecule has 3 heterocycles. The molecule has 286 valence electrons. The molecule has 3 aromatic rings. The number of esters is 1. The number of aromatic nitrogens is 2. The number of hydrogen-bond acceptors (Lipinski definition) is 11. The Hall–Kier alpha value is -3.02. The van der Waals surface area contributed by atoms with Crippen molar-refractivity contribution in [2.75, 3.05) is 32.3 Å². The van der Waals surface area contributed by atoms with Crippen molar-refractivity contribution >= 4 is 77.2 Å². The second-order valence-electron chi connectivity index (χ2n) is 12.4. The zero-order valence-corrected chi connectivity index (χ0v) is 33.0. The second kappa shape index (κ2) is 19.3. The van der Waals surface area contributed by atoms with Crippen molar-refractivity contribution in [2.24, 2.45) is 16.1 Å². The maximum Gasteiger partial charge on any atom is 0.325 e. The van der Waals surface area contributed by atoms with Crippen molar-refractivity contribution in [2.45, 2.75) is 63.7 Å². The number of halogens is 3. The van der Waals surface area contributed by atoms with E-state index in [4.69, 9.17) is 43.8 Å². The highest BCUT2D eigenvalue weighted by Crippen LogP contribution is 2.36. The molecule has 14 nitrogen and oxygen atoms in total. The van der Waals surface area contributed by atoms with E-state index in [1.165, 1.54) is 24.9 Å². The number of carboxylic acid groups (broad SMARTS) is 1. The van der Waals surface area contributed by atoms with Gasteiger partial charge in [0.25, 0.3) is 5.91 Å². The van der Waals surface area contributed by atoms with Crippen LogP contribution < -0.4 is 15.4 Å². The molecule has 0 spiro atoms. The van der Waals surface area contributed by atoms with Gasteiger partial charge in [-0.1, -0.05) is 41.4 Å². The van der Waals surface area contributed by atoms with E-state index in [1.807, 2.05) is 38.1 Å². The molecule has 2 atom stereocenters. The Kier molecular flexibility index (Phi) is 16.1. The topological polar surface area (TPSA) is 196 Å². The molecule has 52 heavy (non-hydrogen) atoms. The van der Waals surface area contributed by atoms with Gasteiger partial charge in [0.05, 0.1) is 36.5 Å². The van der Waals surface area contributed by atoms with Gasteiger partial charge >= 0.3 is 16.8 Å². The summed E-state index contributed by atoms with van der Waals surface area (Å²) in [6.07, 6.45) is 1.90. The number of fused-ring (bicyclic) bond motifs is 1. The molecule has 0 radical (unpaired) electrons. The second-order valence-corrected chi connectivity index (χ2v) is 17.7. The van der Waals surface area contributed by atoms with Gasteiger partial charge in [-0.25, -0.2) is 19.1 Å². The van der Waals surface area contributed by atoms with Gasteiger partial charge in [0.1, 0.15) is 17.5 Å². The van der Waals surface area contributed by atoms with Gasteiger partial charge in [-0.3, -0.25) is 33.3 Å². The molecule has 0 aliphatic carbocycles. The Balaban J connectivity index is 0.000000232. The maximum absolute atomic E-state index is 14.3. The number of carbonyl (C=O) groups excluding carboxylic acids is 2. The fourth-order valence-corrected chi connectivity index (χ4v) is 7.47. The van der Waals surface area contributed by atoms with Crippen LogP contribution in [0.4, 0.5) is 10.1 Å². The van der Waals surface area contributed by atoms with Gasteiger partial charge in [-0.2, -0.15) is 0 Å². The minimum Gasteiger partial charge on any atom is -0.480 e. The molecule has 1 aromatic heterocycles. The van der Waals surface area contributed by atoms with Gasteiger partial charge in [-0.05, 0) is 68.2 Å². The highest BCUT2D eigenvalue weighted by Gasteiger charge is 2.40. The first-order chi connectivity index (χ1) is 24.3. The number of hydrogen-bond donors (Lipinski definition) is 3.